The number of benzene rings is 2. The zero-order valence-corrected chi connectivity index (χ0v) is 12.2. The second kappa shape index (κ2) is 6.88. The van der Waals surface area contributed by atoms with Crippen LogP contribution in [0.3, 0.4) is 0 Å². The van der Waals surface area contributed by atoms with Gasteiger partial charge in [-0.25, -0.2) is 4.39 Å². The number of para-hydroxylation sites is 1. The van der Waals surface area contributed by atoms with Crippen molar-refractivity contribution >= 4 is 5.91 Å². The number of halogens is 1. The number of aryl methyl sites for hydroxylation is 1. The van der Waals surface area contributed by atoms with E-state index >= 15 is 0 Å². The molecular formula is C17H18FNO2. The molecule has 3 nitrogen and oxygen atoms in total. The van der Waals surface area contributed by atoms with Crippen LogP contribution < -0.4 is 4.74 Å². The van der Waals surface area contributed by atoms with Gasteiger partial charge in [0.1, 0.15) is 18.2 Å². The maximum atomic E-state index is 13.2. The molecule has 0 unspecified atom stereocenters. The first-order chi connectivity index (χ1) is 10.1. The summed E-state index contributed by atoms with van der Waals surface area (Å²) in [4.78, 5) is 13.8. The first kappa shape index (κ1) is 15.0. The molecule has 21 heavy (non-hydrogen) atoms. The normalized spacial score (nSPS) is 10.2. The van der Waals surface area contributed by atoms with E-state index in [-0.39, 0.29) is 11.7 Å². The molecule has 2 aromatic rings. The monoisotopic (exact) mass is 287 g/mol. The molecule has 0 aliphatic rings. The van der Waals surface area contributed by atoms with Gasteiger partial charge in [-0.15, -0.1) is 0 Å². The molecule has 1 amide bonds. The summed E-state index contributed by atoms with van der Waals surface area (Å²) in [6.07, 6.45) is 0. The number of ether oxygens (including phenoxy) is 1. The van der Waals surface area contributed by atoms with E-state index in [1.165, 1.54) is 12.1 Å². The second-order valence-corrected chi connectivity index (χ2v) is 4.85. The van der Waals surface area contributed by atoms with Gasteiger partial charge in [0.15, 0.2) is 0 Å². The largest absolute Gasteiger partial charge is 0.492 e. The Bertz CT molecular complexity index is 613. The molecule has 4 heteroatoms. The lowest BCUT2D eigenvalue weighted by Crippen LogP contribution is -2.30. The zero-order chi connectivity index (χ0) is 15.2. The van der Waals surface area contributed by atoms with Gasteiger partial charge in [-0.05, 0) is 42.8 Å². The van der Waals surface area contributed by atoms with E-state index in [1.807, 2.05) is 30.3 Å². The van der Waals surface area contributed by atoms with Crippen LogP contribution in [-0.2, 0) is 0 Å². The van der Waals surface area contributed by atoms with Crippen LogP contribution in [0.25, 0.3) is 0 Å². The number of hydrogen-bond acceptors (Lipinski definition) is 2. The van der Waals surface area contributed by atoms with Gasteiger partial charge in [0.25, 0.3) is 5.91 Å². The molecule has 2 rings (SSSR count). The minimum Gasteiger partial charge on any atom is -0.492 e. The summed E-state index contributed by atoms with van der Waals surface area (Å²) >= 11 is 0. The molecule has 0 atom stereocenters. The highest BCUT2D eigenvalue weighted by atomic mass is 19.1. The molecule has 0 aliphatic heterocycles. The number of nitrogens with zero attached hydrogens (tertiary/aromatic N) is 1. The third kappa shape index (κ3) is 4.05. The van der Waals surface area contributed by atoms with Crippen LogP contribution in [0.1, 0.15) is 15.9 Å². The van der Waals surface area contributed by atoms with Gasteiger partial charge in [-0.2, -0.15) is 0 Å². The predicted octanol–water partition coefficient (Wildman–Crippen LogP) is 3.29. The Kier molecular flexibility index (Phi) is 4.93. The minimum atomic E-state index is -0.304. The van der Waals surface area contributed by atoms with Gasteiger partial charge in [0.2, 0.25) is 0 Å². The lowest BCUT2D eigenvalue weighted by atomic mass is 10.1. The number of carbonyl (C=O) groups excluding carboxylic acids is 1. The van der Waals surface area contributed by atoms with Gasteiger partial charge in [0.05, 0.1) is 6.54 Å². The van der Waals surface area contributed by atoms with Crippen molar-refractivity contribution in [3.8, 4) is 5.75 Å². The topological polar surface area (TPSA) is 29.5 Å². The van der Waals surface area contributed by atoms with Gasteiger partial charge in [-0.1, -0.05) is 18.2 Å². The van der Waals surface area contributed by atoms with E-state index in [0.717, 1.165) is 5.75 Å². The van der Waals surface area contributed by atoms with Crippen LogP contribution >= 0.6 is 0 Å². The predicted molar refractivity (Wildman–Crippen MR) is 80.0 cm³/mol. The van der Waals surface area contributed by atoms with E-state index in [4.69, 9.17) is 4.74 Å². The third-order valence-electron chi connectivity index (χ3n) is 3.19. The Morgan fingerprint density at radius 1 is 1.19 bits per heavy atom. The number of carbonyl (C=O) groups is 1. The van der Waals surface area contributed by atoms with Crippen molar-refractivity contribution in [2.75, 3.05) is 20.2 Å². The molecule has 0 saturated carbocycles. The van der Waals surface area contributed by atoms with Gasteiger partial charge in [0, 0.05) is 12.6 Å². The maximum absolute atomic E-state index is 13.2. The first-order valence-corrected chi connectivity index (χ1v) is 6.77. The highest BCUT2D eigenvalue weighted by Crippen LogP contribution is 2.11. The lowest BCUT2D eigenvalue weighted by Gasteiger charge is -2.18. The molecule has 0 bridgehead atoms. The minimum absolute atomic E-state index is 0.144. The van der Waals surface area contributed by atoms with E-state index in [1.54, 1.807) is 24.9 Å². The smallest absolute Gasteiger partial charge is 0.253 e. The molecule has 0 heterocycles. The quantitative estimate of drug-likeness (QED) is 0.844. The summed E-state index contributed by atoms with van der Waals surface area (Å²) in [7, 11) is 1.70. The summed E-state index contributed by atoms with van der Waals surface area (Å²) in [6.45, 7) is 2.52. The summed E-state index contributed by atoms with van der Waals surface area (Å²) in [5.41, 5.74) is 0.950. The molecule has 2 aromatic carbocycles. The summed E-state index contributed by atoms with van der Waals surface area (Å²) in [5.74, 6) is 0.326. The molecule has 0 fully saturated rings. The maximum Gasteiger partial charge on any atom is 0.253 e. The molecule has 0 aromatic heterocycles. The van der Waals surface area contributed by atoms with Crippen LogP contribution in [0, 0.1) is 12.7 Å². The number of likely N-dealkylation sites (N-methyl/N-ethyl adjacent to an activating group) is 1. The van der Waals surface area contributed by atoms with E-state index < -0.39 is 0 Å². The fourth-order valence-electron chi connectivity index (χ4n) is 1.92. The van der Waals surface area contributed by atoms with Gasteiger partial charge >= 0.3 is 0 Å². The van der Waals surface area contributed by atoms with Gasteiger partial charge in [-0.3, -0.25) is 4.79 Å². The third-order valence-corrected chi connectivity index (χ3v) is 3.19. The van der Waals surface area contributed by atoms with Crippen molar-refractivity contribution in [2.24, 2.45) is 0 Å². The Balaban J connectivity index is 1.89. The number of hydrogen-bond donors (Lipinski definition) is 0. The van der Waals surface area contributed by atoms with Crippen molar-refractivity contribution in [2.45, 2.75) is 6.92 Å². The van der Waals surface area contributed by atoms with Crippen LogP contribution in [-0.4, -0.2) is 31.0 Å². The van der Waals surface area contributed by atoms with Crippen LogP contribution in [0.4, 0.5) is 4.39 Å². The number of amides is 1. The molecular weight excluding hydrogens is 269 g/mol. The summed E-state index contributed by atoms with van der Waals surface area (Å²) in [5, 5.41) is 0. The Hall–Kier alpha value is -2.36. The standard InChI is InChI=1S/C17H18FNO2/c1-13-12-14(8-9-16(13)18)17(20)19(2)10-11-21-15-6-4-3-5-7-15/h3-9,12H,10-11H2,1-2H3. The average Bonchev–Trinajstić information content (AvgIpc) is 2.50. The summed E-state index contributed by atoms with van der Waals surface area (Å²) < 4.78 is 18.8. The molecule has 0 radical (unpaired) electrons. The van der Waals surface area contributed by atoms with Crippen LogP contribution in [0.2, 0.25) is 0 Å². The summed E-state index contributed by atoms with van der Waals surface area (Å²) in [6, 6.07) is 13.8. The molecule has 0 saturated heterocycles. The number of rotatable bonds is 5. The molecule has 0 spiro atoms. The van der Waals surface area contributed by atoms with Crippen molar-refractivity contribution in [3.63, 3.8) is 0 Å². The Morgan fingerprint density at radius 2 is 1.90 bits per heavy atom. The van der Waals surface area contributed by atoms with Crippen molar-refractivity contribution in [1.82, 2.24) is 4.90 Å². The fourth-order valence-corrected chi connectivity index (χ4v) is 1.92. The van der Waals surface area contributed by atoms with E-state index in [2.05, 4.69) is 0 Å². The van der Waals surface area contributed by atoms with Crippen molar-refractivity contribution in [3.05, 3.63) is 65.5 Å². The molecule has 0 N–H and O–H groups in total. The SMILES string of the molecule is Cc1cc(C(=O)N(C)CCOc2ccccc2)ccc1F. The van der Waals surface area contributed by atoms with Gasteiger partial charge < -0.3 is 9.64 Å². The lowest BCUT2D eigenvalue weighted by molar-refractivity contribution is 0.0773. The van der Waals surface area contributed by atoms with Crippen LogP contribution in [0.15, 0.2) is 48.5 Å². The highest BCUT2D eigenvalue weighted by Gasteiger charge is 2.12. The van der Waals surface area contributed by atoms with Crippen LogP contribution in [0.5, 0.6) is 5.75 Å². The molecule has 110 valence electrons. The van der Waals surface area contributed by atoms with Crippen molar-refractivity contribution in [1.29, 1.82) is 0 Å². The average molecular weight is 287 g/mol. The van der Waals surface area contributed by atoms with E-state index in [9.17, 15) is 9.18 Å². The Morgan fingerprint density at radius 3 is 2.57 bits per heavy atom. The highest BCUT2D eigenvalue weighted by molar-refractivity contribution is 5.94. The second-order valence-electron chi connectivity index (χ2n) is 4.85. The Labute approximate surface area is 124 Å². The fraction of sp³-hybridized carbons (Fsp3) is 0.235. The van der Waals surface area contributed by atoms with Crippen molar-refractivity contribution < 1.29 is 13.9 Å². The zero-order valence-electron chi connectivity index (χ0n) is 12.2. The van der Waals surface area contributed by atoms with E-state index in [0.29, 0.717) is 24.3 Å². The molecule has 0 aliphatic carbocycles. The first-order valence-electron chi connectivity index (χ1n) is 6.77.